The molecule has 1 saturated heterocycles. The van der Waals surface area contributed by atoms with Crippen LogP contribution in [-0.4, -0.2) is 42.1 Å². The van der Waals surface area contributed by atoms with Gasteiger partial charge in [-0.25, -0.2) is 8.42 Å². The zero-order chi connectivity index (χ0) is 13.3. The molecule has 0 aromatic carbocycles. The molecule has 0 radical (unpaired) electrons. The lowest BCUT2D eigenvalue weighted by atomic mass is 10.2. The number of nitrogens with one attached hydrogen (secondary N) is 1. The topological polar surface area (TPSA) is 89.0 Å². The van der Waals surface area contributed by atoms with Gasteiger partial charge in [-0.05, 0) is 12.5 Å². The predicted molar refractivity (Wildman–Crippen MR) is 66.6 cm³/mol. The van der Waals surface area contributed by atoms with E-state index < -0.39 is 21.8 Å². The molecule has 1 aromatic rings. The van der Waals surface area contributed by atoms with Crippen LogP contribution in [0.1, 0.15) is 16.8 Å². The van der Waals surface area contributed by atoms with Gasteiger partial charge in [0.15, 0.2) is 20.1 Å². The molecule has 0 aliphatic carbocycles. The van der Waals surface area contributed by atoms with Crippen LogP contribution in [0.15, 0.2) is 6.07 Å². The van der Waals surface area contributed by atoms with Gasteiger partial charge in [0.25, 0.3) is 5.91 Å². The first-order valence-electron chi connectivity index (χ1n) is 5.07. The first-order chi connectivity index (χ1) is 8.37. The number of carbonyl (C=O) groups excluding carboxylic acids is 1. The monoisotopic (exact) mass is 309 g/mol. The summed E-state index contributed by atoms with van der Waals surface area (Å²) in [6.45, 7) is 0. The maximum absolute atomic E-state index is 11.9. The van der Waals surface area contributed by atoms with E-state index in [1.807, 2.05) is 0 Å². The molecule has 1 aliphatic heterocycles. The molecule has 1 aliphatic rings. The van der Waals surface area contributed by atoms with E-state index in [0.717, 1.165) is 0 Å². The van der Waals surface area contributed by atoms with E-state index in [0.29, 0.717) is 6.42 Å². The van der Waals surface area contributed by atoms with E-state index in [1.165, 1.54) is 6.07 Å². The van der Waals surface area contributed by atoms with E-state index in [4.69, 9.17) is 23.2 Å². The third kappa shape index (κ3) is 3.09. The zero-order valence-corrected chi connectivity index (χ0v) is 11.4. The van der Waals surface area contributed by atoms with Crippen molar-refractivity contribution in [3.8, 4) is 0 Å². The van der Waals surface area contributed by atoms with E-state index >= 15 is 0 Å². The second kappa shape index (κ2) is 4.99. The van der Waals surface area contributed by atoms with Gasteiger partial charge >= 0.3 is 0 Å². The Hall–Kier alpha value is -0.920. The summed E-state index contributed by atoms with van der Waals surface area (Å²) in [4.78, 5) is 11.9. The summed E-state index contributed by atoms with van der Waals surface area (Å²) in [5, 5.41) is 9.55. The van der Waals surface area contributed by atoms with Gasteiger partial charge in [-0.2, -0.15) is 0 Å². The fraction of sp³-hybridized carbons (Fsp3) is 0.444. The third-order valence-electron chi connectivity index (χ3n) is 2.53. The van der Waals surface area contributed by atoms with Crippen LogP contribution in [0, 0.1) is 0 Å². The molecule has 2 rings (SSSR count). The second-order valence-electron chi connectivity index (χ2n) is 3.94. The lowest BCUT2D eigenvalue weighted by molar-refractivity contribution is 0.0940. The van der Waals surface area contributed by atoms with Gasteiger partial charge < -0.3 is 5.32 Å². The van der Waals surface area contributed by atoms with E-state index in [-0.39, 0.29) is 27.4 Å². The SMILES string of the molecule is O=C(NC1CCS(=O)(=O)C1)c1cc(Cl)nnc1Cl. The quantitative estimate of drug-likeness (QED) is 0.868. The molecule has 1 fully saturated rings. The molecule has 98 valence electrons. The van der Waals surface area contributed by atoms with E-state index in [2.05, 4.69) is 15.5 Å². The summed E-state index contributed by atoms with van der Waals surface area (Å²) in [7, 11) is -3.04. The molecule has 0 bridgehead atoms. The maximum atomic E-state index is 11.9. The summed E-state index contributed by atoms with van der Waals surface area (Å²) >= 11 is 11.3. The molecule has 0 spiro atoms. The van der Waals surface area contributed by atoms with Gasteiger partial charge in [0.2, 0.25) is 0 Å². The molecular formula is C9H9Cl2N3O3S. The minimum absolute atomic E-state index is 0.0450. The van der Waals surface area contributed by atoms with Gasteiger partial charge in [-0.3, -0.25) is 4.79 Å². The smallest absolute Gasteiger partial charge is 0.254 e. The Balaban J connectivity index is 2.11. The van der Waals surface area contributed by atoms with Crippen LogP contribution in [0.5, 0.6) is 0 Å². The maximum Gasteiger partial charge on any atom is 0.254 e. The zero-order valence-electron chi connectivity index (χ0n) is 9.06. The number of amides is 1. The summed E-state index contributed by atoms with van der Waals surface area (Å²) in [6.07, 6.45) is 0.401. The van der Waals surface area contributed by atoms with Crippen LogP contribution < -0.4 is 5.32 Å². The minimum atomic E-state index is -3.04. The van der Waals surface area contributed by atoms with Gasteiger partial charge in [0.1, 0.15) is 0 Å². The molecule has 18 heavy (non-hydrogen) atoms. The summed E-state index contributed by atoms with van der Waals surface area (Å²) < 4.78 is 22.5. The van der Waals surface area contributed by atoms with Crippen molar-refractivity contribution in [2.24, 2.45) is 0 Å². The molecule has 6 nitrogen and oxygen atoms in total. The van der Waals surface area contributed by atoms with Crippen molar-refractivity contribution in [3.05, 3.63) is 21.9 Å². The average Bonchev–Trinajstić information content (AvgIpc) is 2.61. The fourth-order valence-corrected chi connectivity index (χ4v) is 3.68. The van der Waals surface area contributed by atoms with Crippen molar-refractivity contribution in [1.82, 2.24) is 15.5 Å². The van der Waals surface area contributed by atoms with E-state index in [9.17, 15) is 13.2 Å². The summed E-state index contributed by atoms with van der Waals surface area (Å²) in [5.41, 5.74) is 0.0842. The van der Waals surface area contributed by atoms with Gasteiger partial charge in [0.05, 0.1) is 17.1 Å². The Labute approximate surface area is 114 Å². The second-order valence-corrected chi connectivity index (χ2v) is 6.92. The van der Waals surface area contributed by atoms with Crippen molar-refractivity contribution in [1.29, 1.82) is 0 Å². The standard InChI is InChI=1S/C9H9Cl2N3O3S/c10-7-3-6(8(11)14-13-7)9(15)12-5-1-2-18(16,17)4-5/h3,5H,1-2,4H2,(H,12,15). The number of sulfone groups is 1. The number of aromatic nitrogens is 2. The van der Waals surface area contributed by atoms with Crippen LogP contribution in [0.2, 0.25) is 10.3 Å². The highest BCUT2D eigenvalue weighted by Crippen LogP contribution is 2.17. The Kier molecular flexibility index (Phi) is 3.74. The minimum Gasteiger partial charge on any atom is -0.348 e. The fourth-order valence-electron chi connectivity index (χ4n) is 1.68. The highest BCUT2D eigenvalue weighted by Gasteiger charge is 2.29. The first-order valence-corrected chi connectivity index (χ1v) is 7.65. The van der Waals surface area contributed by atoms with Gasteiger partial charge in [0, 0.05) is 6.04 Å². The Morgan fingerprint density at radius 2 is 2.11 bits per heavy atom. The van der Waals surface area contributed by atoms with Crippen LogP contribution in [0.3, 0.4) is 0 Å². The number of carbonyl (C=O) groups is 1. The van der Waals surface area contributed by atoms with E-state index in [1.54, 1.807) is 0 Å². The van der Waals surface area contributed by atoms with Crippen LogP contribution >= 0.6 is 23.2 Å². The molecule has 9 heteroatoms. The Morgan fingerprint density at radius 3 is 2.72 bits per heavy atom. The summed E-state index contributed by atoms with van der Waals surface area (Å²) in [6, 6.07) is 0.890. The van der Waals surface area contributed by atoms with Crippen molar-refractivity contribution >= 4 is 38.9 Å². The molecular weight excluding hydrogens is 301 g/mol. The van der Waals surface area contributed by atoms with Crippen molar-refractivity contribution in [3.63, 3.8) is 0 Å². The number of halogens is 2. The van der Waals surface area contributed by atoms with Gasteiger partial charge in [-0.1, -0.05) is 23.2 Å². The predicted octanol–water partition coefficient (Wildman–Crippen LogP) is 0.700. The lowest BCUT2D eigenvalue weighted by Gasteiger charge is -2.11. The number of hydrogen-bond donors (Lipinski definition) is 1. The normalized spacial score (nSPS) is 21.8. The number of rotatable bonds is 2. The molecule has 1 aromatic heterocycles. The van der Waals surface area contributed by atoms with Crippen molar-refractivity contribution < 1.29 is 13.2 Å². The molecule has 2 heterocycles. The summed E-state index contributed by atoms with van der Waals surface area (Å²) in [5.74, 6) is -0.470. The number of hydrogen-bond acceptors (Lipinski definition) is 5. The highest BCUT2D eigenvalue weighted by molar-refractivity contribution is 7.91. The van der Waals surface area contributed by atoms with Gasteiger partial charge in [-0.15, -0.1) is 10.2 Å². The molecule has 1 amide bonds. The van der Waals surface area contributed by atoms with Crippen LogP contribution in [-0.2, 0) is 9.84 Å². The molecule has 0 saturated carbocycles. The van der Waals surface area contributed by atoms with Crippen molar-refractivity contribution in [2.45, 2.75) is 12.5 Å². The van der Waals surface area contributed by atoms with Crippen LogP contribution in [0.25, 0.3) is 0 Å². The Morgan fingerprint density at radius 1 is 1.39 bits per heavy atom. The largest absolute Gasteiger partial charge is 0.348 e. The molecule has 1 N–H and O–H groups in total. The highest BCUT2D eigenvalue weighted by atomic mass is 35.5. The van der Waals surface area contributed by atoms with Crippen molar-refractivity contribution in [2.75, 3.05) is 11.5 Å². The van der Waals surface area contributed by atoms with Crippen LogP contribution in [0.4, 0.5) is 0 Å². The molecule has 1 unspecified atom stereocenters. The molecule has 1 atom stereocenters. The average molecular weight is 310 g/mol. The number of nitrogens with zero attached hydrogens (tertiary/aromatic N) is 2. The third-order valence-corrected chi connectivity index (χ3v) is 4.76. The first kappa shape index (κ1) is 13.5. The Bertz CT molecular complexity index is 591. The lowest BCUT2D eigenvalue weighted by Crippen LogP contribution is -2.35.